The molecule has 0 aliphatic heterocycles. The zero-order chi connectivity index (χ0) is 10.5. The van der Waals surface area contributed by atoms with Crippen molar-refractivity contribution in [1.29, 1.82) is 0 Å². The number of rotatable bonds is 3. The Morgan fingerprint density at radius 1 is 0.867 bits per heavy atom. The summed E-state index contributed by atoms with van der Waals surface area (Å²) in [6, 6.07) is 18.3. The molecule has 2 rings (SSSR count). The van der Waals surface area contributed by atoms with Crippen LogP contribution in [0.25, 0.3) is 0 Å². The smallest absolute Gasteiger partial charge is 0.0541 e. The maximum absolute atomic E-state index is 6.07. The number of hydrogen-bond donors (Lipinski definition) is 0. The van der Waals surface area contributed by atoms with Gasteiger partial charge in [0.05, 0.1) is 5.02 Å². The first-order valence-corrected chi connectivity index (χ1v) is 6.14. The first kappa shape index (κ1) is 10.6. The summed E-state index contributed by atoms with van der Waals surface area (Å²) in [5.41, 5.74) is 1.32. The third-order valence-electron chi connectivity index (χ3n) is 2.07. The second-order valence-corrected chi connectivity index (χ2v) is 4.63. The summed E-state index contributed by atoms with van der Waals surface area (Å²) in [6.07, 6.45) is 0. The molecule has 2 aromatic carbocycles. The normalized spacial score (nSPS) is 10.2. The standard InChI is InChI=1S/C13H11ClS/c14-12-8-4-5-9-13(12)15-10-11-6-2-1-3-7-11/h1-9H,10H2. The lowest BCUT2D eigenvalue weighted by molar-refractivity contribution is 1.38. The molecule has 0 saturated carbocycles. The first-order valence-electron chi connectivity index (χ1n) is 4.77. The second-order valence-electron chi connectivity index (χ2n) is 3.20. The first-order chi connectivity index (χ1) is 7.36. The molecule has 0 spiro atoms. The molecule has 0 amide bonds. The Bertz CT molecular complexity index is 426. The van der Waals surface area contributed by atoms with Crippen molar-refractivity contribution >= 4 is 23.4 Å². The molecule has 0 heterocycles. The molecule has 0 radical (unpaired) electrons. The van der Waals surface area contributed by atoms with E-state index in [1.165, 1.54) is 5.56 Å². The molecule has 0 bridgehead atoms. The maximum Gasteiger partial charge on any atom is 0.0541 e. The highest BCUT2D eigenvalue weighted by molar-refractivity contribution is 7.98. The van der Waals surface area contributed by atoms with Gasteiger partial charge in [-0.3, -0.25) is 0 Å². The van der Waals surface area contributed by atoms with E-state index in [2.05, 4.69) is 30.3 Å². The van der Waals surface area contributed by atoms with Crippen molar-refractivity contribution in [3.05, 3.63) is 65.2 Å². The predicted octanol–water partition coefficient (Wildman–Crippen LogP) is 4.63. The molecular formula is C13H11ClS. The van der Waals surface area contributed by atoms with Crippen molar-refractivity contribution in [3.63, 3.8) is 0 Å². The molecule has 0 atom stereocenters. The largest absolute Gasteiger partial charge is 0.120 e. The summed E-state index contributed by atoms with van der Waals surface area (Å²) in [5.74, 6) is 0.963. The summed E-state index contributed by atoms with van der Waals surface area (Å²) in [5, 5.41) is 0.832. The van der Waals surface area contributed by atoms with Gasteiger partial charge >= 0.3 is 0 Å². The molecule has 15 heavy (non-hydrogen) atoms. The van der Waals surface area contributed by atoms with Gasteiger partial charge in [-0.2, -0.15) is 0 Å². The third-order valence-corrected chi connectivity index (χ3v) is 3.66. The van der Waals surface area contributed by atoms with E-state index < -0.39 is 0 Å². The van der Waals surface area contributed by atoms with Crippen molar-refractivity contribution in [2.45, 2.75) is 10.6 Å². The topological polar surface area (TPSA) is 0 Å². The van der Waals surface area contributed by atoms with Crippen LogP contribution in [-0.2, 0) is 5.75 Å². The Kier molecular flexibility index (Phi) is 3.70. The second kappa shape index (κ2) is 5.24. The lowest BCUT2D eigenvalue weighted by atomic mass is 10.2. The summed E-state index contributed by atoms with van der Waals surface area (Å²) in [4.78, 5) is 1.14. The van der Waals surface area contributed by atoms with Crippen LogP contribution in [-0.4, -0.2) is 0 Å². The third kappa shape index (κ3) is 3.01. The van der Waals surface area contributed by atoms with Gasteiger partial charge in [-0.05, 0) is 17.7 Å². The molecule has 0 unspecified atom stereocenters. The van der Waals surface area contributed by atoms with Crippen LogP contribution in [0.1, 0.15) is 5.56 Å². The van der Waals surface area contributed by atoms with Gasteiger partial charge in [0.2, 0.25) is 0 Å². The Morgan fingerprint density at radius 2 is 1.53 bits per heavy atom. The molecule has 2 aromatic rings. The van der Waals surface area contributed by atoms with Crippen LogP contribution < -0.4 is 0 Å². The molecular weight excluding hydrogens is 224 g/mol. The van der Waals surface area contributed by atoms with E-state index in [9.17, 15) is 0 Å². The number of benzene rings is 2. The lowest BCUT2D eigenvalue weighted by Crippen LogP contribution is -1.79. The van der Waals surface area contributed by atoms with Gasteiger partial charge in [0, 0.05) is 10.6 Å². The summed E-state index contributed by atoms with van der Waals surface area (Å²) in [6.45, 7) is 0. The van der Waals surface area contributed by atoms with Crippen LogP contribution in [0.5, 0.6) is 0 Å². The Labute approximate surface area is 99.3 Å². The quantitative estimate of drug-likeness (QED) is 0.698. The van der Waals surface area contributed by atoms with Gasteiger partial charge in [0.15, 0.2) is 0 Å². The summed E-state index contributed by atoms with van der Waals surface area (Å²) >= 11 is 7.84. The van der Waals surface area contributed by atoms with Crippen molar-refractivity contribution < 1.29 is 0 Å². The zero-order valence-electron chi connectivity index (χ0n) is 8.19. The van der Waals surface area contributed by atoms with Gasteiger partial charge in [-0.25, -0.2) is 0 Å². The number of thioether (sulfide) groups is 1. The molecule has 0 aliphatic carbocycles. The summed E-state index contributed by atoms with van der Waals surface area (Å²) < 4.78 is 0. The molecule has 0 aromatic heterocycles. The number of hydrogen-bond acceptors (Lipinski definition) is 1. The maximum atomic E-state index is 6.07. The van der Waals surface area contributed by atoms with Crippen LogP contribution in [0.15, 0.2) is 59.5 Å². The van der Waals surface area contributed by atoms with Crippen LogP contribution >= 0.6 is 23.4 Å². The van der Waals surface area contributed by atoms with Crippen LogP contribution in [0.3, 0.4) is 0 Å². The van der Waals surface area contributed by atoms with Crippen molar-refractivity contribution in [2.24, 2.45) is 0 Å². The minimum Gasteiger partial charge on any atom is -0.120 e. The average molecular weight is 235 g/mol. The molecule has 0 N–H and O–H groups in total. The van der Waals surface area contributed by atoms with Crippen LogP contribution in [0.2, 0.25) is 5.02 Å². The fourth-order valence-electron chi connectivity index (χ4n) is 1.30. The van der Waals surface area contributed by atoms with E-state index in [1.807, 2.05) is 24.3 Å². The van der Waals surface area contributed by atoms with Gasteiger partial charge in [0.25, 0.3) is 0 Å². The van der Waals surface area contributed by atoms with E-state index >= 15 is 0 Å². The minimum atomic E-state index is 0.832. The Hall–Kier alpha value is -0.920. The van der Waals surface area contributed by atoms with Gasteiger partial charge in [-0.1, -0.05) is 54.1 Å². The van der Waals surface area contributed by atoms with Gasteiger partial charge in [-0.15, -0.1) is 11.8 Å². The molecule has 2 heteroatoms. The monoisotopic (exact) mass is 234 g/mol. The lowest BCUT2D eigenvalue weighted by Gasteiger charge is -2.03. The highest BCUT2D eigenvalue weighted by Crippen LogP contribution is 2.29. The van der Waals surface area contributed by atoms with E-state index in [1.54, 1.807) is 11.8 Å². The van der Waals surface area contributed by atoms with Gasteiger partial charge in [0.1, 0.15) is 0 Å². The molecule has 0 fully saturated rings. The van der Waals surface area contributed by atoms with E-state index in [0.717, 1.165) is 15.7 Å². The van der Waals surface area contributed by atoms with E-state index in [4.69, 9.17) is 11.6 Å². The molecule has 76 valence electrons. The van der Waals surface area contributed by atoms with E-state index in [0.29, 0.717) is 0 Å². The molecule has 0 saturated heterocycles. The SMILES string of the molecule is Clc1ccccc1SCc1ccccc1. The Morgan fingerprint density at radius 3 is 2.27 bits per heavy atom. The predicted molar refractivity (Wildman–Crippen MR) is 67.5 cm³/mol. The highest BCUT2D eigenvalue weighted by Gasteiger charge is 1.99. The van der Waals surface area contributed by atoms with Gasteiger partial charge < -0.3 is 0 Å². The zero-order valence-corrected chi connectivity index (χ0v) is 9.76. The van der Waals surface area contributed by atoms with Crippen molar-refractivity contribution in [3.8, 4) is 0 Å². The highest BCUT2D eigenvalue weighted by atomic mass is 35.5. The minimum absolute atomic E-state index is 0.832. The Balaban J connectivity index is 2.03. The molecule has 0 nitrogen and oxygen atoms in total. The van der Waals surface area contributed by atoms with Crippen LogP contribution in [0, 0.1) is 0 Å². The number of halogens is 1. The van der Waals surface area contributed by atoms with E-state index in [-0.39, 0.29) is 0 Å². The molecule has 0 aliphatic rings. The van der Waals surface area contributed by atoms with Crippen LogP contribution in [0.4, 0.5) is 0 Å². The van der Waals surface area contributed by atoms with Crippen molar-refractivity contribution in [1.82, 2.24) is 0 Å². The average Bonchev–Trinajstić information content (AvgIpc) is 2.29. The fourth-order valence-corrected chi connectivity index (χ4v) is 2.49. The summed E-state index contributed by atoms with van der Waals surface area (Å²) in [7, 11) is 0. The van der Waals surface area contributed by atoms with Crippen molar-refractivity contribution in [2.75, 3.05) is 0 Å². The fraction of sp³-hybridized carbons (Fsp3) is 0.0769.